The number of carbonyl (C=O) groups excluding carboxylic acids is 1. The molecule has 0 saturated carbocycles. The van der Waals surface area contributed by atoms with E-state index in [1.165, 1.54) is 17.0 Å². The lowest BCUT2D eigenvalue weighted by Crippen LogP contribution is -2.26. The van der Waals surface area contributed by atoms with Crippen LogP contribution < -0.4 is 4.90 Å². The summed E-state index contributed by atoms with van der Waals surface area (Å²) in [5, 5.41) is 0. The molecule has 2 rings (SSSR count). The van der Waals surface area contributed by atoms with E-state index in [-0.39, 0.29) is 11.7 Å². The zero-order valence-corrected chi connectivity index (χ0v) is 12.2. The first-order valence-corrected chi connectivity index (χ1v) is 6.58. The highest BCUT2D eigenvalue weighted by Crippen LogP contribution is 2.22. The number of hydrogen-bond donors (Lipinski definition) is 0. The fraction of sp³-hybridized carbons (Fsp3) is 0.133. The van der Waals surface area contributed by atoms with Gasteiger partial charge in [-0.1, -0.05) is 22.0 Å². The van der Waals surface area contributed by atoms with E-state index >= 15 is 0 Å². The first-order chi connectivity index (χ1) is 9.00. The van der Waals surface area contributed by atoms with Crippen LogP contribution in [0, 0.1) is 12.7 Å². The van der Waals surface area contributed by atoms with Gasteiger partial charge in [0.25, 0.3) is 5.91 Å². The quantitative estimate of drug-likeness (QED) is 0.812. The zero-order valence-electron chi connectivity index (χ0n) is 10.7. The first kappa shape index (κ1) is 13.7. The van der Waals surface area contributed by atoms with Crippen molar-refractivity contribution >= 4 is 27.5 Å². The van der Waals surface area contributed by atoms with E-state index in [9.17, 15) is 9.18 Å². The minimum absolute atomic E-state index is 0.120. The Kier molecular flexibility index (Phi) is 4.00. The highest BCUT2D eigenvalue weighted by atomic mass is 79.9. The largest absolute Gasteiger partial charge is 0.311 e. The monoisotopic (exact) mass is 321 g/mol. The summed E-state index contributed by atoms with van der Waals surface area (Å²) in [6.45, 7) is 1.88. The van der Waals surface area contributed by atoms with E-state index in [1.54, 1.807) is 25.2 Å². The van der Waals surface area contributed by atoms with E-state index in [2.05, 4.69) is 15.9 Å². The van der Waals surface area contributed by atoms with Gasteiger partial charge in [-0.15, -0.1) is 0 Å². The molecule has 2 aromatic carbocycles. The molecule has 0 aromatic heterocycles. The second-order valence-corrected chi connectivity index (χ2v) is 5.11. The number of carbonyl (C=O) groups is 1. The van der Waals surface area contributed by atoms with Gasteiger partial charge in [0, 0.05) is 22.8 Å². The van der Waals surface area contributed by atoms with Gasteiger partial charge in [-0.3, -0.25) is 4.79 Å². The Hall–Kier alpha value is -1.68. The molecule has 0 aliphatic carbocycles. The fourth-order valence-corrected chi connectivity index (χ4v) is 2.17. The number of benzene rings is 2. The molecule has 0 N–H and O–H groups in total. The predicted molar refractivity (Wildman–Crippen MR) is 78.0 cm³/mol. The van der Waals surface area contributed by atoms with E-state index in [1.807, 2.05) is 19.1 Å². The first-order valence-electron chi connectivity index (χ1n) is 5.79. The van der Waals surface area contributed by atoms with E-state index < -0.39 is 0 Å². The minimum Gasteiger partial charge on any atom is -0.311 e. The second-order valence-electron chi connectivity index (χ2n) is 4.25. The highest BCUT2D eigenvalue weighted by molar-refractivity contribution is 9.10. The van der Waals surface area contributed by atoms with Gasteiger partial charge in [-0.2, -0.15) is 0 Å². The van der Waals surface area contributed by atoms with Gasteiger partial charge in [0.1, 0.15) is 5.82 Å². The number of halogens is 2. The molecule has 0 fully saturated rings. The van der Waals surface area contributed by atoms with Crippen LogP contribution in [-0.4, -0.2) is 13.0 Å². The summed E-state index contributed by atoms with van der Waals surface area (Å²) in [7, 11) is 1.68. The topological polar surface area (TPSA) is 20.3 Å². The summed E-state index contributed by atoms with van der Waals surface area (Å²) in [6.07, 6.45) is 0. The number of hydrogen-bond acceptors (Lipinski definition) is 1. The smallest absolute Gasteiger partial charge is 0.258 e. The van der Waals surface area contributed by atoms with Crippen molar-refractivity contribution in [3.63, 3.8) is 0 Å². The van der Waals surface area contributed by atoms with Crippen molar-refractivity contribution < 1.29 is 9.18 Å². The number of anilines is 1. The van der Waals surface area contributed by atoms with Crippen molar-refractivity contribution in [2.45, 2.75) is 6.92 Å². The molecule has 0 saturated heterocycles. The molecule has 2 nitrogen and oxygen atoms in total. The molecule has 0 spiro atoms. The molecule has 0 unspecified atom stereocenters. The van der Waals surface area contributed by atoms with Crippen LogP contribution in [-0.2, 0) is 0 Å². The van der Waals surface area contributed by atoms with Crippen LogP contribution in [0.15, 0.2) is 46.9 Å². The van der Waals surface area contributed by atoms with Crippen molar-refractivity contribution in [1.82, 2.24) is 0 Å². The van der Waals surface area contributed by atoms with Crippen molar-refractivity contribution in [2.24, 2.45) is 0 Å². The Bertz CT molecular complexity index is 610. The third-order valence-electron chi connectivity index (χ3n) is 3.02. The number of rotatable bonds is 2. The lowest BCUT2D eigenvalue weighted by atomic mass is 10.1. The van der Waals surface area contributed by atoms with Crippen molar-refractivity contribution in [2.75, 3.05) is 11.9 Å². The summed E-state index contributed by atoms with van der Waals surface area (Å²) >= 11 is 3.41. The van der Waals surface area contributed by atoms with Crippen molar-refractivity contribution in [1.29, 1.82) is 0 Å². The van der Waals surface area contributed by atoms with Crippen LogP contribution in [0.25, 0.3) is 0 Å². The van der Waals surface area contributed by atoms with E-state index in [0.29, 0.717) is 11.3 Å². The maximum Gasteiger partial charge on any atom is 0.258 e. The van der Waals surface area contributed by atoms with Crippen LogP contribution in [0.5, 0.6) is 0 Å². The van der Waals surface area contributed by atoms with Gasteiger partial charge in [-0.05, 0) is 48.9 Å². The molecule has 0 heterocycles. The van der Waals surface area contributed by atoms with Gasteiger partial charge < -0.3 is 4.90 Å². The van der Waals surface area contributed by atoms with Gasteiger partial charge >= 0.3 is 0 Å². The summed E-state index contributed by atoms with van der Waals surface area (Å²) in [6, 6.07) is 11.3. The summed E-state index contributed by atoms with van der Waals surface area (Å²) < 4.78 is 13.8. The average Bonchev–Trinajstić information content (AvgIpc) is 2.41. The molecular formula is C15H13BrFNO. The molecule has 0 bridgehead atoms. The highest BCUT2D eigenvalue weighted by Gasteiger charge is 2.16. The van der Waals surface area contributed by atoms with Crippen LogP contribution in [0.3, 0.4) is 0 Å². The molecule has 0 aliphatic heterocycles. The Morgan fingerprint density at radius 1 is 1.16 bits per heavy atom. The van der Waals surface area contributed by atoms with E-state index in [4.69, 9.17) is 0 Å². The van der Waals surface area contributed by atoms with Gasteiger partial charge in [-0.25, -0.2) is 4.39 Å². The van der Waals surface area contributed by atoms with Crippen LogP contribution in [0.1, 0.15) is 15.9 Å². The number of amides is 1. The molecule has 98 valence electrons. The molecule has 4 heteroatoms. The lowest BCUT2D eigenvalue weighted by Gasteiger charge is -2.18. The maximum atomic E-state index is 12.9. The maximum absolute atomic E-state index is 12.9. The standard InChI is InChI=1S/C15H13BrFNO/c1-10-13(4-3-5-14(10)16)15(19)18(2)12-8-6-11(17)7-9-12/h3-9H,1-2H3. The van der Waals surface area contributed by atoms with Gasteiger partial charge in [0.2, 0.25) is 0 Å². The molecule has 19 heavy (non-hydrogen) atoms. The Balaban J connectivity index is 2.33. The Labute approximate surface area is 120 Å². The van der Waals surface area contributed by atoms with Gasteiger partial charge in [0.15, 0.2) is 0 Å². The number of nitrogens with zero attached hydrogens (tertiary/aromatic N) is 1. The van der Waals surface area contributed by atoms with Crippen molar-refractivity contribution in [3.8, 4) is 0 Å². The lowest BCUT2D eigenvalue weighted by molar-refractivity contribution is 0.0992. The van der Waals surface area contributed by atoms with E-state index in [0.717, 1.165) is 10.0 Å². The third-order valence-corrected chi connectivity index (χ3v) is 3.88. The minimum atomic E-state index is -0.316. The molecule has 0 atom stereocenters. The second kappa shape index (κ2) is 5.53. The van der Waals surface area contributed by atoms with Crippen LogP contribution >= 0.6 is 15.9 Å². The molecule has 2 aromatic rings. The zero-order chi connectivity index (χ0) is 14.0. The summed E-state index contributed by atoms with van der Waals surface area (Å²) in [5.74, 6) is -0.436. The normalized spacial score (nSPS) is 10.3. The summed E-state index contributed by atoms with van der Waals surface area (Å²) in [4.78, 5) is 13.9. The fourth-order valence-electron chi connectivity index (χ4n) is 1.80. The predicted octanol–water partition coefficient (Wildman–Crippen LogP) is 4.17. The van der Waals surface area contributed by atoms with Crippen LogP contribution in [0.2, 0.25) is 0 Å². The molecule has 0 radical (unpaired) electrons. The van der Waals surface area contributed by atoms with Crippen molar-refractivity contribution in [3.05, 3.63) is 63.9 Å². The summed E-state index contributed by atoms with van der Waals surface area (Å²) in [5.41, 5.74) is 2.17. The molecule has 0 aliphatic rings. The molecule has 1 amide bonds. The molecular weight excluding hydrogens is 309 g/mol. The van der Waals surface area contributed by atoms with Crippen LogP contribution in [0.4, 0.5) is 10.1 Å². The average molecular weight is 322 g/mol. The third kappa shape index (κ3) is 2.84. The SMILES string of the molecule is Cc1c(Br)cccc1C(=O)N(C)c1ccc(F)cc1. The van der Waals surface area contributed by atoms with Gasteiger partial charge in [0.05, 0.1) is 0 Å². The Morgan fingerprint density at radius 2 is 1.79 bits per heavy atom. The Morgan fingerprint density at radius 3 is 2.42 bits per heavy atom.